The molecule has 12 atom stereocenters. The average molecular weight is 414 g/mol. The molecule has 0 aromatic rings. The Morgan fingerprint density at radius 3 is 2.00 bits per heavy atom. The van der Waals surface area contributed by atoms with Crippen molar-refractivity contribution in [3.63, 3.8) is 0 Å². The van der Waals surface area contributed by atoms with Gasteiger partial charge in [-0.1, -0.05) is 0 Å². The third-order valence-corrected chi connectivity index (χ3v) is 4.95. The third kappa shape index (κ3) is 4.32. The summed E-state index contributed by atoms with van der Waals surface area (Å²) < 4.78 is 26.0. The zero-order chi connectivity index (χ0) is 20.6. The molecule has 0 radical (unpaired) electrons. The first kappa shape index (κ1) is 22.2. The minimum Gasteiger partial charge on any atom is -0.394 e. The standard InChI is InChI=1S/C15H26O13/c16-1-6-12(28-14-8(20)7(19)4(17)2-25-14)10(22)15(26-6)27-11-5(18)3-24-13(23)9(11)21/h4-23H,1-3H2. The van der Waals surface area contributed by atoms with Crippen LogP contribution in [0.5, 0.6) is 0 Å². The molecule has 0 amide bonds. The Labute approximate surface area is 159 Å². The molecule has 13 nitrogen and oxygen atoms in total. The van der Waals surface area contributed by atoms with Crippen LogP contribution in [0.2, 0.25) is 0 Å². The van der Waals surface area contributed by atoms with Crippen LogP contribution in [0.1, 0.15) is 0 Å². The molecule has 3 heterocycles. The van der Waals surface area contributed by atoms with Crippen molar-refractivity contribution in [3.8, 4) is 0 Å². The maximum atomic E-state index is 10.5. The molecular formula is C15H26O13. The summed E-state index contributed by atoms with van der Waals surface area (Å²) in [5, 5.41) is 78.4. The van der Waals surface area contributed by atoms with Crippen molar-refractivity contribution < 1.29 is 64.5 Å². The Bertz CT molecular complexity index is 508. The topological polar surface area (TPSA) is 208 Å². The maximum absolute atomic E-state index is 10.5. The third-order valence-electron chi connectivity index (χ3n) is 4.95. The van der Waals surface area contributed by atoms with E-state index in [2.05, 4.69) is 0 Å². The Balaban J connectivity index is 1.65. The van der Waals surface area contributed by atoms with Crippen molar-refractivity contribution in [2.24, 2.45) is 0 Å². The first-order chi connectivity index (χ1) is 13.2. The monoisotopic (exact) mass is 414 g/mol. The van der Waals surface area contributed by atoms with Crippen molar-refractivity contribution in [1.82, 2.24) is 0 Å². The fourth-order valence-corrected chi connectivity index (χ4v) is 3.29. The van der Waals surface area contributed by atoms with Gasteiger partial charge in [0.15, 0.2) is 18.9 Å². The molecule has 0 bridgehead atoms. The molecule has 3 saturated heterocycles. The first-order valence-electron chi connectivity index (χ1n) is 8.81. The highest BCUT2D eigenvalue weighted by atomic mass is 16.8. The van der Waals surface area contributed by atoms with Gasteiger partial charge in [-0.2, -0.15) is 0 Å². The SMILES string of the molecule is OCC1OC(OC2C(O)COC(O)C2O)C(O)C1OC1OCC(O)C(O)C1O. The molecule has 0 aliphatic carbocycles. The van der Waals surface area contributed by atoms with E-state index in [1.165, 1.54) is 0 Å². The van der Waals surface area contributed by atoms with Gasteiger partial charge in [-0.15, -0.1) is 0 Å². The lowest BCUT2D eigenvalue weighted by Gasteiger charge is -2.37. The Hall–Kier alpha value is -0.520. The zero-order valence-electron chi connectivity index (χ0n) is 14.7. The van der Waals surface area contributed by atoms with Gasteiger partial charge >= 0.3 is 0 Å². The fourth-order valence-electron chi connectivity index (χ4n) is 3.29. The van der Waals surface area contributed by atoms with E-state index in [-0.39, 0.29) is 13.2 Å². The van der Waals surface area contributed by atoms with Crippen LogP contribution in [-0.2, 0) is 23.7 Å². The van der Waals surface area contributed by atoms with Gasteiger partial charge in [0, 0.05) is 0 Å². The summed E-state index contributed by atoms with van der Waals surface area (Å²) in [7, 11) is 0. The van der Waals surface area contributed by atoms with Crippen LogP contribution in [-0.4, -0.2) is 134 Å². The van der Waals surface area contributed by atoms with Crippen molar-refractivity contribution in [1.29, 1.82) is 0 Å². The van der Waals surface area contributed by atoms with Crippen LogP contribution in [0, 0.1) is 0 Å². The van der Waals surface area contributed by atoms with Crippen LogP contribution >= 0.6 is 0 Å². The van der Waals surface area contributed by atoms with Gasteiger partial charge in [-0.3, -0.25) is 0 Å². The molecule has 28 heavy (non-hydrogen) atoms. The quantitative estimate of drug-likeness (QED) is 0.211. The van der Waals surface area contributed by atoms with Gasteiger partial charge in [-0.05, 0) is 0 Å². The number of hydrogen-bond acceptors (Lipinski definition) is 13. The number of hydrogen-bond donors (Lipinski definition) is 8. The number of aliphatic hydroxyl groups is 8. The van der Waals surface area contributed by atoms with Crippen LogP contribution in [0.15, 0.2) is 0 Å². The van der Waals surface area contributed by atoms with Crippen LogP contribution < -0.4 is 0 Å². The minimum atomic E-state index is -1.62. The molecule has 164 valence electrons. The van der Waals surface area contributed by atoms with Crippen LogP contribution in [0.25, 0.3) is 0 Å². The van der Waals surface area contributed by atoms with E-state index in [1.807, 2.05) is 0 Å². The van der Waals surface area contributed by atoms with E-state index in [9.17, 15) is 40.9 Å². The largest absolute Gasteiger partial charge is 0.394 e. The lowest BCUT2D eigenvalue weighted by molar-refractivity contribution is -0.300. The van der Waals surface area contributed by atoms with E-state index in [4.69, 9.17) is 23.7 Å². The van der Waals surface area contributed by atoms with Crippen molar-refractivity contribution in [2.75, 3.05) is 19.8 Å². The van der Waals surface area contributed by atoms with E-state index in [1.54, 1.807) is 0 Å². The first-order valence-corrected chi connectivity index (χ1v) is 8.81. The molecule has 0 aromatic heterocycles. The van der Waals surface area contributed by atoms with Crippen molar-refractivity contribution >= 4 is 0 Å². The van der Waals surface area contributed by atoms with Gasteiger partial charge in [-0.25, -0.2) is 0 Å². The second-order valence-corrected chi connectivity index (χ2v) is 6.95. The predicted octanol–water partition coefficient (Wildman–Crippen LogP) is -5.66. The fraction of sp³-hybridized carbons (Fsp3) is 1.00. The second-order valence-electron chi connectivity index (χ2n) is 6.95. The summed E-state index contributed by atoms with van der Waals surface area (Å²) >= 11 is 0. The second kappa shape index (κ2) is 9.09. The summed E-state index contributed by atoms with van der Waals surface area (Å²) in [6.07, 6.45) is -17.2. The van der Waals surface area contributed by atoms with Crippen molar-refractivity contribution in [3.05, 3.63) is 0 Å². The summed E-state index contributed by atoms with van der Waals surface area (Å²) in [5.41, 5.74) is 0. The Kier molecular flexibility index (Phi) is 7.20. The normalized spacial score (nSPS) is 52.7. The average Bonchev–Trinajstić information content (AvgIpc) is 2.97. The highest BCUT2D eigenvalue weighted by molar-refractivity contribution is 4.93. The number of aliphatic hydroxyl groups excluding tert-OH is 8. The smallest absolute Gasteiger partial charge is 0.187 e. The van der Waals surface area contributed by atoms with Gasteiger partial charge < -0.3 is 64.5 Å². The van der Waals surface area contributed by atoms with E-state index in [0.717, 1.165) is 0 Å². The number of rotatable bonds is 5. The van der Waals surface area contributed by atoms with Gasteiger partial charge in [0.05, 0.1) is 19.8 Å². The van der Waals surface area contributed by atoms with Crippen LogP contribution in [0.4, 0.5) is 0 Å². The molecule has 0 spiro atoms. The summed E-state index contributed by atoms with van der Waals surface area (Å²) in [6.45, 7) is -1.26. The molecule has 3 aliphatic rings. The molecular weight excluding hydrogens is 388 g/mol. The van der Waals surface area contributed by atoms with Gasteiger partial charge in [0.1, 0.15) is 54.9 Å². The molecule has 0 saturated carbocycles. The number of ether oxygens (including phenoxy) is 5. The Morgan fingerprint density at radius 2 is 1.32 bits per heavy atom. The molecule has 0 aromatic carbocycles. The predicted molar refractivity (Wildman–Crippen MR) is 83.2 cm³/mol. The van der Waals surface area contributed by atoms with Gasteiger partial charge in [0.2, 0.25) is 0 Å². The summed E-state index contributed by atoms with van der Waals surface area (Å²) in [5.74, 6) is 0. The Morgan fingerprint density at radius 1 is 0.679 bits per heavy atom. The molecule has 8 N–H and O–H groups in total. The van der Waals surface area contributed by atoms with E-state index in [0.29, 0.717) is 0 Å². The lowest BCUT2D eigenvalue weighted by Crippen LogP contribution is -2.57. The molecule has 3 fully saturated rings. The van der Waals surface area contributed by atoms with E-state index >= 15 is 0 Å². The highest BCUT2D eigenvalue weighted by Gasteiger charge is 2.51. The highest BCUT2D eigenvalue weighted by Crippen LogP contribution is 2.31. The maximum Gasteiger partial charge on any atom is 0.187 e. The minimum absolute atomic E-state index is 0.322. The summed E-state index contributed by atoms with van der Waals surface area (Å²) in [6, 6.07) is 0. The van der Waals surface area contributed by atoms with Crippen molar-refractivity contribution in [2.45, 2.75) is 73.8 Å². The molecule has 13 heteroatoms. The zero-order valence-corrected chi connectivity index (χ0v) is 14.7. The molecule has 3 aliphatic heterocycles. The molecule has 12 unspecified atom stereocenters. The van der Waals surface area contributed by atoms with Gasteiger partial charge in [0.25, 0.3) is 0 Å². The molecule has 3 rings (SSSR count). The lowest BCUT2D eigenvalue weighted by atomic mass is 10.0. The van der Waals surface area contributed by atoms with Crippen LogP contribution in [0.3, 0.4) is 0 Å². The summed E-state index contributed by atoms with van der Waals surface area (Å²) in [4.78, 5) is 0. The van der Waals surface area contributed by atoms with E-state index < -0.39 is 80.4 Å².